The maximum absolute atomic E-state index is 12.3. The number of rotatable bonds is 10. The van der Waals surface area contributed by atoms with Crippen molar-refractivity contribution in [2.75, 3.05) is 19.9 Å². The Hall–Kier alpha value is -3.95. The van der Waals surface area contributed by atoms with Gasteiger partial charge in [0.25, 0.3) is 11.8 Å². The van der Waals surface area contributed by atoms with Gasteiger partial charge in [0.15, 0.2) is 23.0 Å². The highest BCUT2D eigenvalue weighted by Gasteiger charge is 2.16. The molecule has 0 unspecified atom stereocenters. The summed E-state index contributed by atoms with van der Waals surface area (Å²) in [5, 5.41) is 7.54. The van der Waals surface area contributed by atoms with E-state index in [0.29, 0.717) is 50.8 Å². The molecule has 4 rings (SSSR count). The molecule has 0 aromatic heterocycles. The zero-order valence-electron chi connectivity index (χ0n) is 19.8. The third kappa shape index (κ3) is 7.05. The Bertz CT molecular complexity index is 1330. The SMILES string of the molecule is CCOc1cc(C=NNC(=O)CNC(=O)c2ccc3c(c2)OCO3)ccc1OCc1ccc(Cl)cc1Cl. The summed E-state index contributed by atoms with van der Waals surface area (Å²) in [4.78, 5) is 24.4. The molecule has 1 aliphatic rings. The fourth-order valence-electron chi connectivity index (χ4n) is 3.31. The van der Waals surface area contributed by atoms with E-state index in [1.54, 1.807) is 54.6 Å². The van der Waals surface area contributed by atoms with Gasteiger partial charge in [-0.05, 0) is 61.0 Å². The molecule has 0 saturated carbocycles. The molecule has 0 bridgehead atoms. The van der Waals surface area contributed by atoms with E-state index in [-0.39, 0.29) is 19.9 Å². The molecule has 37 heavy (non-hydrogen) atoms. The van der Waals surface area contributed by atoms with Gasteiger partial charge in [0.1, 0.15) is 6.61 Å². The number of carbonyl (C=O) groups is 2. The lowest BCUT2D eigenvalue weighted by Gasteiger charge is -2.13. The lowest BCUT2D eigenvalue weighted by molar-refractivity contribution is -0.120. The third-order valence-electron chi connectivity index (χ3n) is 5.11. The Labute approximate surface area is 223 Å². The Morgan fingerprint density at radius 2 is 1.84 bits per heavy atom. The standard InChI is InChI=1S/C26H23Cl2N3O6/c1-2-34-23-9-16(3-7-21(23)35-14-18-4-6-19(27)11-20(18)28)12-30-31-25(32)13-29-26(33)17-5-8-22-24(10-17)37-15-36-22/h3-12H,2,13-15H2,1H3,(H,29,33)(H,31,32). The average molecular weight is 544 g/mol. The van der Waals surface area contributed by atoms with Crippen LogP contribution >= 0.6 is 23.2 Å². The number of hydrogen-bond donors (Lipinski definition) is 2. The van der Waals surface area contributed by atoms with Crippen LogP contribution in [0.15, 0.2) is 59.7 Å². The molecule has 0 saturated heterocycles. The number of nitrogens with one attached hydrogen (secondary N) is 2. The molecule has 0 radical (unpaired) electrons. The van der Waals surface area contributed by atoms with Gasteiger partial charge in [0.05, 0.1) is 19.4 Å². The summed E-state index contributed by atoms with van der Waals surface area (Å²) in [7, 11) is 0. The molecule has 0 atom stereocenters. The predicted molar refractivity (Wildman–Crippen MR) is 139 cm³/mol. The van der Waals surface area contributed by atoms with Gasteiger partial charge in [0.2, 0.25) is 6.79 Å². The van der Waals surface area contributed by atoms with Crippen LogP contribution in [0.2, 0.25) is 10.0 Å². The topological polar surface area (TPSA) is 107 Å². The maximum atomic E-state index is 12.3. The number of ether oxygens (including phenoxy) is 4. The van der Waals surface area contributed by atoms with Gasteiger partial charge in [-0.15, -0.1) is 0 Å². The Morgan fingerprint density at radius 3 is 2.65 bits per heavy atom. The zero-order valence-corrected chi connectivity index (χ0v) is 21.3. The first-order valence-electron chi connectivity index (χ1n) is 11.3. The summed E-state index contributed by atoms with van der Waals surface area (Å²) < 4.78 is 22.0. The summed E-state index contributed by atoms with van der Waals surface area (Å²) in [6, 6.07) is 15.2. The van der Waals surface area contributed by atoms with Crippen LogP contribution in [0.4, 0.5) is 0 Å². The van der Waals surface area contributed by atoms with Gasteiger partial charge in [-0.1, -0.05) is 29.3 Å². The highest BCUT2D eigenvalue weighted by molar-refractivity contribution is 6.35. The lowest BCUT2D eigenvalue weighted by Crippen LogP contribution is -2.34. The van der Waals surface area contributed by atoms with Crippen molar-refractivity contribution >= 4 is 41.2 Å². The Kier molecular flexibility index (Phi) is 8.71. The van der Waals surface area contributed by atoms with Gasteiger partial charge in [-0.25, -0.2) is 5.43 Å². The molecule has 9 nitrogen and oxygen atoms in total. The van der Waals surface area contributed by atoms with Crippen molar-refractivity contribution in [2.45, 2.75) is 13.5 Å². The van der Waals surface area contributed by atoms with E-state index in [2.05, 4.69) is 15.8 Å². The van der Waals surface area contributed by atoms with Crippen LogP contribution in [0.25, 0.3) is 0 Å². The highest BCUT2D eigenvalue weighted by atomic mass is 35.5. The van der Waals surface area contributed by atoms with Gasteiger partial charge in [-0.3, -0.25) is 9.59 Å². The monoisotopic (exact) mass is 543 g/mol. The normalized spacial score (nSPS) is 11.9. The first kappa shape index (κ1) is 26.1. The second-order valence-corrected chi connectivity index (χ2v) is 8.55. The van der Waals surface area contributed by atoms with Gasteiger partial charge < -0.3 is 24.3 Å². The summed E-state index contributed by atoms with van der Waals surface area (Å²) in [5.74, 6) is 1.18. The number of hydrazone groups is 1. The fourth-order valence-corrected chi connectivity index (χ4v) is 3.77. The van der Waals surface area contributed by atoms with Crippen LogP contribution in [-0.2, 0) is 11.4 Å². The lowest BCUT2D eigenvalue weighted by atomic mass is 10.2. The molecule has 0 aliphatic carbocycles. The van der Waals surface area contributed by atoms with E-state index in [1.807, 2.05) is 6.92 Å². The summed E-state index contributed by atoms with van der Waals surface area (Å²) in [6.07, 6.45) is 1.46. The van der Waals surface area contributed by atoms with E-state index in [4.69, 9.17) is 42.1 Å². The smallest absolute Gasteiger partial charge is 0.259 e. The molecule has 192 valence electrons. The van der Waals surface area contributed by atoms with Crippen LogP contribution in [0.3, 0.4) is 0 Å². The van der Waals surface area contributed by atoms with Crippen LogP contribution in [0.5, 0.6) is 23.0 Å². The van der Waals surface area contributed by atoms with Crippen LogP contribution < -0.4 is 29.7 Å². The molecule has 2 N–H and O–H groups in total. The quantitative estimate of drug-likeness (QED) is 0.286. The van der Waals surface area contributed by atoms with Crippen molar-refractivity contribution in [1.29, 1.82) is 0 Å². The van der Waals surface area contributed by atoms with Crippen LogP contribution in [-0.4, -0.2) is 38.0 Å². The average Bonchev–Trinajstić information content (AvgIpc) is 3.36. The van der Waals surface area contributed by atoms with Gasteiger partial charge in [-0.2, -0.15) is 5.10 Å². The van der Waals surface area contributed by atoms with E-state index in [9.17, 15) is 9.59 Å². The second kappa shape index (κ2) is 12.3. The van der Waals surface area contributed by atoms with E-state index < -0.39 is 11.8 Å². The highest BCUT2D eigenvalue weighted by Crippen LogP contribution is 2.32. The second-order valence-electron chi connectivity index (χ2n) is 7.71. The van der Waals surface area contributed by atoms with Crippen molar-refractivity contribution in [2.24, 2.45) is 5.10 Å². The maximum Gasteiger partial charge on any atom is 0.259 e. The van der Waals surface area contributed by atoms with E-state index in [0.717, 1.165) is 5.56 Å². The summed E-state index contributed by atoms with van der Waals surface area (Å²) in [5.41, 5.74) is 4.18. The molecule has 11 heteroatoms. The molecule has 3 aromatic carbocycles. The van der Waals surface area contributed by atoms with Crippen LogP contribution in [0.1, 0.15) is 28.4 Å². The molecule has 3 aromatic rings. The number of hydrogen-bond acceptors (Lipinski definition) is 7. The largest absolute Gasteiger partial charge is 0.490 e. The van der Waals surface area contributed by atoms with Crippen molar-refractivity contribution in [3.05, 3.63) is 81.3 Å². The molecule has 1 aliphatic heterocycles. The molecule has 0 fully saturated rings. The third-order valence-corrected chi connectivity index (χ3v) is 5.70. The molecular weight excluding hydrogens is 521 g/mol. The minimum atomic E-state index is -0.491. The van der Waals surface area contributed by atoms with Gasteiger partial charge in [0, 0.05) is 21.2 Å². The Balaban J connectivity index is 1.29. The minimum absolute atomic E-state index is 0.112. The van der Waals surface area contributed by atoms with Crippen molar-refractivity contribution in [3.8, 4) is 23.0 Å². The number of fused-ring (bicyclic) bond motifs is 1. The van der Waals surface area contributed by atoms with E-state index in [1.165, 1.54) is 6.21 Å². The fraction of sp³-hybridized carbons (Fsp3) is 0.192. The summed E-state index contributed by atoms with van der Waals surface area (Å²) in [6.45, 7) is 2.38. The molecular formula is C26H23Cl2N3O6. The summed E-state index contributed by atoms with van der Waals surface area (Å²) >= 11 is 12.2. The van der Waals surface area contributed by atoms with Crippen molar-refractivity contribution in [1.82, 2.24) is 10.7 Å². The van der Waals surface area contributed by atoms with E-state index >= 15 is 0 Å². The minimum Gasteiger partial charge on any atom is -0.490 e. The molecule has 0 spiro atoms. The van der Waals surface area contributed by atoms with Gasteiger partial charge >= 0.3 is 0 Å². The van der Waals surface area contributed by atoms with Crippen LogP contribution in [0, 0.1) is 0 Å². The first-order valence-corrected chi connectivity index (χ1v) is 12.0. The number of carbonyl (C=O) groups excluding carboxylic acids is 2. The molecule has 1 heterocycles. The first-order chi connectivity index (χ1) is 17.9. The Morgan fingerprint density at radius 1 is 1.00 bits per heavy atom. The number of benzene rings is 3. The number of amides is 2. The van der Waals surface area contributed by atoms with Crippen molar-refractivity contribution < 1.29 is 28.5 Å². The predicted octanol–water partition coefficient (Wildman–Crippen LogP) is 4.58. The van der Waals surface area contributed by atoms with Crippen molar-refractivity contribution in [3.63, 3.8) is 0 Å². The zero-order chi connectivity index (χ0) is 26.2. The number of halogens is 2. The number of nitrogens with zero attached hydrogens (tertiary/aromatic N) is 1. The molecule has 2 amide bonds.